The molecule has 1 saturated heterocycles. The van der Waals surface area contributed by atoms with Crippen LogP contribution >= 0.6 is 0 Å². The van der Waals surface area contributed by atoms with E-state index in [1.165, 1.54) is 38.6 Å². The van der Waals surface area contributed by atoms with Crippen LogP contribution in [0.15, 0.2) is 4.99 Å². The quantitative estimate of drug-likeness (QED) is 0.516. The molecule has 0 aromatic rings. The topological polar surface area (TPSA) is 53.6 Å². The molecule has 0 aromatic heterocycles. The lowest BCUT2D eigenvalue weighted by Crippen LogP contribution is -2.42. The average Bonchev–Trinajstić information content (AvgIpc) is 2.85. The Labute approximate surface area is 91.9 Å². The van der Waals surface area contributed by atoms with Gasteiger partial charge in [0, 0.05) is 32.2 Å². The predicted octanol–water partition coefficient (Wildman–Crippen LogP) is 0.537. The van der Waals surface area contributed by atoms with E-state index in [0.717, 1.165) is 12.6 Å². The van der Waals surface area contributed by atoms with Crippen LogP contribution in [-0.4, -0.2) is 43.1 Å². The van der Waals surface area contributed by atoms with Crippen LogP contribution < -0.4 is 11.1 Å². The second-order valence-electron chi connectivity index (χ2n) is 4.67. The van der Waals surface area contributed by atoms with E-state index < -0.39 is 0 Å². The summed E-state index contributed by atoms with van der Waals surface area (Å²) in [5, 5.41) is 3.27. The van der Waals surface area contributed by atoms with Gasteiger partial charge in [-0.3, -0.25) is 9.89 Å². The SMILES string of the molecule is CN=C(N)NC1CCN(C2CCCC2)C1. The van der Waals surface area contributed by atoms with Crippen molar-refractivity contribution in [2.24, 2.45) is 10.7 Å². The van der Waals surface area contributed by atoms with Gasteiger partial charge in [0.1, 0.15) is 0 Å². The largest absolute Gasteiger partial charge is 0.370 e. The Balaban J connectivity index is 1.78. The van der Waals surface area contributed by atoms with Crippen LogP contribution in [0.1, 0.15) is 32.1 Å². The van der Waals surface area contributed by atoms with E-state index in [4.69, 9.17) is 5.73 Å². The zero-order valence-electron chi connectivity index (χ0n) is 9.58. The molecule has 2 rings (SSSR count). The fourth-order valence-electron chi connectivity index (χ4n) is 2.78. The molecule has 1 unspecified atom stereocenters. The van der Waals surface area contributed by atoms with Crippen molar-refractivity contribution in [1.29, 1.82) is 0 Å². The predicted molar refractivity (Wildman–Crippen MR) is 62.9 cm³/mol. The van der Waals surface area contributed by atoms with Gasteiger partial charge in [-0.1, -0.05) is 12.8 Å². The molecule has 0 bridgehead atoms. The van der Waals surface area contributed by atoms with Crippen molar-refractivity contribution < 1.29 is 0 Å². The van der Waals surface area contributed by atoms with Gasteiger partial charge >= 0.3 is 0 Å². The van der Waals surface area contributed by atoms with Gasteiger partial charge in [0.2, 0.25) is 0 Å². The Kier molecular flexibility index (Phi) is 3.46. The smallest absolute Gasteiger partial charge is 0.188 e. The minimum Gasteiger partial charge on any atom is -0.370 e. The van der Waals surface area contributed by atoms with E-state index in [2.05, 4.69) is 15.2 Å². The Morgan fingerprint density at radius 2 is 2.07 bits per heavy atom. The summed E-state index contributed by atoms with van der Waals surface area (Å²) in [6.45, 7) is 2.36. The minimum atomic E-state index is 0.509. The maximum absolute atomic E-state index is 5.67. The maximum atomic E-state index is 5.67. The second kappa shape index (κ2) is 4.84. The van der Waals surface area contributed by atoms with Crippen molar-refractivity contribution in [3.8, 4) is 0 Å². The maximum Gasteiger partial charge on any atom is 0.188 e. The van der Waals surface area contributed by atoms with Gasteiger partial charge < -0.3 is 11.1 Å². The first-order valence-corrected chi connectivity index (χ1v) is 6.02. The number of hydrogen-bond acceptors (Lipinski definition) is 2. The van der Waals surface area contributed by atoms with Gasteiger partial charge in [-0.25, -0.2) is 0 Å². The Morgan fingerprint density at radius 1 is 1.33 bits per heavy atom. The standard InChI is InChI=1S/C11H22N4/c1-13-11(12)14-9-6-7-15(8-9)10-4-2-3-5-10/h9-10H,2-8H2,1H3,(H3,12,13,14). The Hall–Kier alpha value is -0.770. The van der Waals surface area contributed by atoms with E-state index in [1.807, 2.05) is 0 Å². The van der Waals surface area contributed by atoms with E-state index in [9.17, 15) is 0 Å². The lowest BCUT2D eigenvalue weighted by molar-refractivity contribution is 0.242. The summed E-state index contributed by atoms with van der Waals surface area (Å²) < 4.78 is 0. The summed E-state index contributed by atoms with van der Waals surface area (Å²) in [4.78, 5) is 6.56. The van der Waals surface area contributed by atoms with Gasteiger partial charge in [0.15, 0.2) is 5.96 Å². The molecule has 0 radical (unpaired) electrons. The molecule has 4 nitrogen and oxygen atoms in total. The van der Waals surface area contributed by atoms with E-state index >= 15 is 0 Å². The zero-order valence-corrected chi connectivity index (χ0v) is 9.58. The fraction of sp³-hybridized carbons (Fsp3) is 0.909. The number of guanidine groups is 1. The number of nitrogens with two attached hydrogens (primary N) is 1. The molecule has 1 atom stereocenters. The summed E-state index contributed by atoms with van der Waals surface area (Å²) in [6, 6.07) is 1.35. The molecular formula is C11H22N4. The van der Waals surface area contributed by atoms with Gasteiger partial charge in [-0.2, -0.15) is 0 Å². The highest BCUT2D eigenvalue weighted by atomic mass is 15.2. The molecule has 0 aromatic carbocycles. The highest BCUT2D eigenvalue weighted by Crippen LogP contribution is 2.26. The molecule has 15 heavy (non-hydrogen) atoms. The van der Waals surface area contributed by atoms with Crippen LogP contribution in [0.3, 0.4) is 0 Å². The van der Waals surface area contributed by atoms with Crippen LogP contribution in [-0.2, 0) is 0 Å². The van der Waals surface area contributed by atoms with E-state index in [1.54, 1.807) is 7.05 Å². The minimum absolute atomic E-state index is 0.509. The van der Waals surface area contributed by atoms with Crippen LogP contribution in [0.25, 0.3) is 0 Å². The summed E-state index contributed by atoms with van der Waals surface area (Å²) >= 11 is 0. The van der Waals surface area contributed by atoms with Crippen molar-refractivity contribution in [3.63, 3.8) is 0 Å². The summed E-state index contributed by atoms with van der Waals surface area (Å²) in [5.41, 5.74) is 5.67. The molecule has 2 aliphatic rings. The van der Waals surface area contributed by atoms with Crippen LogP contribution in [0, 0.1) is 0 Å². The molecular weight excluding hydrogens is 188 g/mol. The third-order valence-corrected chi connectivity index (χ3v) is 3.65. The third-order valence-electron chi connectivity index (χ3n) is 3.65. The normalized spacial score (nSPS) is 29.9. The number of rotatable bonds is 2. The molecule has 1 aliphatic heterocycles. The Bertz CT molecular complexity index is 233. The van der Waals surface area contributed by atoms with Crippen molar-refractivity contribution >= 4 is 5.96 Å². The fourth-order valence-corrected chi connectivity index (χ4v) is 2.78. The summed E-state index contributed by atoms with van der Waals surface area (Å²) in [5.74, 6) is 0.577. The van der Waals surface area contributed by atoms with Gasteiger partial charge in [-0.05, 0) is 19.3 Å². The second-order valence-corrected chi connectivity index (χ2v) is 4.67. The highest BCUT2D eigenvalue weighted by Gasteiger charge is 2.29. The van der Waals surface area contributed by atoms with Crippen molar-refractivity contribution in [3.05, 3.63) is 0 Å². The van der Waals surface area contributed by atoms with E-state index in [0.29, 0.717) is 12.0 Å². The summed E-state index contributed by atoms with van der Waals surface area (Å²) in [6.07, 6.45) is 6.82. The van der Waals surface area contributed by atoms with Gasteiger partial charge in [0.05, 0.1) is 0 Å². The first kappa shape index (κ1) is 10.7. The van der Waals surface area contributed by atoms with Crippen LogP contribution in [0.5, 0.6) is 0 Å². The number of nitrogens with zero attached hydrogens (tertiary/aromatic N) is 2. The molecule has 0 amide bonds. The zero-order chi connectivity index (χ0) is 10.7. The lowest BCUT2D eigenvalue weighted by Gasteiger charge is -2.23. The molecule has 3 N–H and O–H groups in total. The third kappa shape index (κ3) is 2.62. The first-order chi connectivity index (χ1) is 7.29. The van der Waals surface area contributed by atoms with E-state index in [-0.39, 0.29) is 0 Å². The van der Waals surface area contributed by atoms with Gasteiger partial charge in [-0.15, -0.1) is 0 Å². The Morgan fingerprint density at radius 3 is 2.73 bits per heavy atom. The molecule has 2 fully saturated rings. The van der Waals surface area contributed by atoms with Crippen molar-refractivity contribution in [2.45, 2.75) is 44.2 Å². The number of aliphatic imine (C=N–C) groups is 1. The molecule has 0 spiro atoms. The van der Waals surface area contributed by atoms with Crippen molar-refractivity contribution in [2.75, 3.05) is 20.1 Å². The molecule has 4 heteroatoms. The number of hydrogen-bond donors (Lipinski definition) is 2. The van der Waals surface area contributed by atoms with Crippen LogP contribution in [0.2, 0.25) is 0 Å². The highest BCUT2D eigenvalue weighted by molar-refractivity contribution is 5.77. The van der Waals surface area contributed by atoms with Gasteiger partial charge in [0.25, 0.3) is 0 Å². The van der Waals surface area contributed by atoms with Crippen molar-refractivity contribution in [1.82, 2.24) is 10.2 Å². The average molecular weight is 210 g/mol. The molecule has 1 heterocycles. The summed E-state index contributed by atoms with van der Waals surface area (Å²) in [7, 11) is 1.73. The first-order valence-electron chi connectivity index (χ1n) is 6.02. The molecule has 86 valence electrons. The number of likely N-dealkylation sites (tertiary alicyclic amines) is 1. The molecule has 1 saturated carbocycles. The monoisotopic (exact) mass is 210 g/mol. The molecule has 1 aliphatic carbocycles. The number of nitrogens with one attached hydrogen (secondary N) is 1. The van der Waals surface area contributed by atoms with Crippen LogP contribution in [0.4, 0.5) is 0 Å². The lowest BCUT2D eigenvalue weighted by atomic mass is 10.2.